The van der Waals surface area contributed by atoms with Gasteiger partial charge < -0.3 is 28.8 Å². The van der Waals surface area contributed by atoms with Gasteiger partial charge in [-0.3, -0.25) is 0 Å². The second-order valence-electron chi connectivity index (χ2n) is 8.54. The number of nitrogens with zero attached hydrogens (tertiary/aromatic N) is 2. The van der Waals surface area contributed by atoms with E-state index in [0.717, 1.165) is 10.3 Å². The number of benzene rings is 1. The molecule has 8 heteroatoms. The molecule has 0 amide bonds. The van der Waals surface area contributed by atoms with Crippen molar-refractivity contribution in [3.05, 3.63) is 48.3 Å². The molecule has 0 atom stereocenters. The molecule has 2 fully saturated rings. The summed E-state index contributed by atoms with van der Waals surface area (Å²) in [7, 11) is 4.35. The van der Waals surface area contributed by atoms with Gasteiger partial charge in [-0.05, 0) is 42.5 Å². The lowest BCUT2D eigenvalue weighted by Gasteiger charge is -2.57. The van der Waals surface area contributed by atoms with Gasteiger partial charge in [0.15, 0.2) is 5.79 Å². The molecule has 3 aromatic rings. The summed E-state index contributed by atoms with van der Waals surface area (Å²) < 4.78 is 57.4. The Balaban J connectivity index is 1.50. The average molecular weight is 456 g/mol. The quantitative estimate of drug-likeness (QED) is 0.432. The molecule has 0 radical (unpaired) electrons. The number of pyridine rings is 1. The van der Waals surface area contributed by atoms with E-state index in [1.807, 2.05) is 6.07 Å². The fraction of sp³-hybridized carbons (Fsp3) is 0.440. The van der Waals surface area contributed by atoms with E-state index in [2.05, 4.69) is 9.97 Å². The minimum Gasteiger partial charge on any atom is -0.465 e. The Morgan fingerprint density at radius 3 is 2.58 bits per heavy atom. The van der Waals surface area contributed by atoms with Crippen LogP contribution in [0.25, 0.3) is 11.0 Å². The fourth-order valence-corrected chi connectivity index (χ4v) is 4.62. The van der Waals surface area contributed by atoms with Crippen molar-refractivity contribution in [2.45, 2.75) is 31.5 Å². The molecule has 174 valence electrons. The molecule has 0 unspecified atom stereocenters. The molecule has 5 rings (SSSR count). The fourth-order valence-electron chi connectivity index (χ4n) is 4.62. The number of anilines is 1. The first-order valence-electron chi connectivity index (χ1n) is 12.7. The van der Waals surface area contributed by atoms with Gasteiger partial charge in [-0.15, -0.1) is 0 Å². The summed E-state index contributed by atoms with van der Waals surface area (Å²) in [4.78, 5) is 20.9. The zero-order valence-corrected chi connectivity index (χ0v) is 18.8. The minimum atomic E-state index is -2.04. The second kappa shape index (κ2) is 8.35. The van der Waals surface area contributed by atoms with Crippen molar-refractivity contribution in [3.63, 3.8) is 0 Å². The standard InChI is InChI=1S/C25H29N3O5/c1-30-23(29)20-5-4-18(13-21(20)33-19-12-17-6-9-26-22(17)27-14-19)28-10-7-24(8-11-28)15-25(16-24,31-2)32-3/h4-6,9,12-14H,7-8,10-11,15-16H2,1-3H3,(H,26,27)/i10D2,11D2. The Morgan fingerprint density at radius 1 is 1.12 bits per heavy atom. The molecule has 33 heavy (non-hydrogen) atoms. The van der Waals surface area contributed by atoms with Gasteiger partial charge in [0.25, 0.3) is 0 Å². The van der Waals surface area contributed by atoms with E-state index in [0.29, 0.717) is 24.2 Å². The van der Waals surface area contributed by atoms with Crippen LogP contribution in [0.5, 0.6) is 11.5 Å². The number of esters is 1. The van der Waals surface area contributed by atoms with Crippen LogP contribution in [0.4, 0.5) is 5.69 Å². The van der Waals surface area contributed by atoms with Crippen LogP contribution in [0.15, 0.2) is 42.7 Å². The summed E-state index contributed by atoms with van der Waals surface area (Å²) in [5, 5.41) is 0.811. The van der Waals surface area contributed by atoms with E-state index in [9.17, 15) is 4.79 Å². The number of carbonyl (C=O) groups is 1. The molecule has 1 aliphatic heterocycles. The Kier molecular flexibility index (Phi) is 4.40. The summed E-state index contributed by atoms with van der Waals surface area (Å²) in [5.74, 6) is -0.977. The number of hydrogen-bond donors (Lipinski definition) is 1. The third-order valence-electron chi connectivity index (χ3n) is 6.49. The highest BCUT2D eigenvalue weighted by Gasteiger charge is 2.56. The maximum absolute atomic E-state index is 12.5. The lowest BCUT2D eigenvalue weighted by Crippen LogP contribution is -2.58. The predicted octanol–water partition coefficient (Wildman–Crippen LogP) is 4.51. The zero-order chi connectivity index (χ0) is 26.6. The van der Waals surface area contributed by atoms with E-state index >= 15 is 0 Å². The van der Waals surface area contributed by atoms with Gasteiger partial charge in [-0.2, -0.15) is 0 Å². The number of aromatic amines is 1. The lowest BCUT2D eigenvalue weighted by molar-refractivity contribution is -0.300. The van der Waals surface area contributed by atoms with Crippen LogP contribution >= 0.6 is 0 Å². The Hall–Kier alpha value is -3.10. The molecule has 1 saturated carbocycles. The first kappa shape index (κ1) is 17.4. The number of piperidine rings is 1. The Labute approximate surface area is 198 Å². The molecular formula is C25H29N3O5. The van der Waals surface area contributed by atoms with Crippen molar-refractivity contribution >= 4 is 22.7 Å². The van der Waals surface area contributed by atoms with Crippen LogP contribution in [-0.4, -0.2) is 56.0 Å². The van der Waals surface area contributed by atoms with Crippen molar-refractivity contribution < 1.29 is 29.2 Å². The van der Waals surface area contributed by atoms with Crippen LogP contribution in [0, 0.1) is 5.41 Å². The Morgan fingerprint density at radius 2 is 1.88 bits per heavy atom. The van der Waals surface area contributed by atoms with E-state index < -0.39 is 30.2 Å². The maximum atomic E-state index is 12.5. The number of methoxy groups -OCH3 is 3. The molecule has 3 heterocycles. The number of ether oxygens (including phenoxy) is 4. The summed E-state index contributed by atoms with van der Waals surface area (Å²) >= 11 is 0. The molecular weight excluding hydrogens is 422 g/mol. The van der Waals surface area contributed by atoms with Crippen LogP contribution in [0.2, 0.25) is 0 Å². The van der Waals surface area contributed by atoms with Crippen molar-refractivity contribution in [2.75, 3.05) is 39.2 Å². The molecule has 1 N–H and O–H groups in total. The summed E-state index contributed by atoms with van der Waals surface area (Å²) in [6.07, 6.45) is 4.26. The smallest absolute Gasteiger partial charge is 0.341 e. The topological polar surface area (TPSA) is 85.9 Å². The molecule has 1 aliphatic carbocycles. The second-order valence-corrected chi connectivity index (χ2v) is 8.54. The molecule has 1 spiro atoms. The van der Waals surface area contributed by atoms with E-state index in [4.69, 9.17) is 24.4 Å². The third kappa shape index (κ3) is 3.94. The van der Waals surface area contributed by atoms with Gasteiger partial charge in [0.05, 0.1) is 13.3 Å². The number of nitrogens with one attached hydrogen (secondary N) is 1. The monoisotopic (exact) mass is 455 g/mol. The highest BCUT2D eigenvalue weighted by molar-refractivity contribution is 5.93. The number of fused-ring (bicyclic) bond motifs is 1. The first-order chi connectivity index (χ1) is 17.5. The number of rotatable bonds is 6. The van der Waals surface area contributed by atoms with Gasteiger partial charge in [0, 0.05) is 68.9 Å². The Bertz CT molecular complexity index is 1310. The van der Waals surface area contributed by atoms with Gasteiger partial charge in [-0.25, -0.2) is 9.78 Å². The van der Waals surface area contributed by atoms with Crippen LogP contribution in [0.1, 0.15) is 41.5 Å². The largest absolute Gasteiger partial charge is 0.465 e. The minimum absolute atomic E-state index is 0.0942. The number of carbonyl (C=O) groups excluding carboxylic acids is 1. The zero-order valence-electron chi connectivity index (χ0n) is 22.8. The first-order valence-corrected chi connectivity index (χ1v) is 10.7. The summed E-state index contributed by atoms with van der Waals surface area (Å²) in [5.41, 5.74) is 0.449. The molecule has 8 nitrogen and oxygen atoms in total. The van der Waals surface area contributed by atoms with Crippen molar-refractivity contribution in [1.82, 2.24) is 9.97 Å². The summed E-state index contributed by atoms with van der Waals surface area (Å²) in [6, 6.07) is 8.03. The number of hydrogen-bond acceptors (Lipinski definition) is 7. The maximum Gasteiger partial charge on any atom is 0.341 e. The molecule has 0 bridgehead atoms. The van der Waals surface area contributed by atoms with Crippen LogP contribution < -0.4 is 9.64 Å². The van der Waals surface area contributed by atoms with Crippen molar-refractivity contribution in [3.8, 4) is 11.5 Å². The van der Waals surface area contributed by atoms with Gasteiger partial charge in [0.1, 0.15) is 22.7 Å². The normalized spacial score (nSPS) is 23.7. The predicted molar refractivity (Wildman–Crippen MR) is 124 cm³/mol. The summed E-state index contributed by atoms with van der Waals surface area (Å²) in [6.45, 7) is -4.07. The molecule has 2 aliphatic rings. The molecule has 2 aromatic heterocycles. The van der Waals surface area contributed by atoms with Crippen molar-refractivity contribution in [1.29, 1.82) is 0 Å². The molecule has 1 aromatic carbocycles. The number of aromatic nitrogens is 2. The van der Waals surface area contributed by atoms with E-state index in [1.165, 1.54) is 31.5 Å². The third-order valence-corrected chi connectivity index (χ3v) is 6.49. The van der Waals surface area contributed by atoms with Crippen LogP contribution in [0.3, 0.4) is 0 Å². The lowest BCUT2D eigenvalue weighted by atomic mass is 9.59. The highest BCUT2D eigenvalue weighted by atomic mass is 16.7. The SMILES string of the molecule is [2H]C1([2H])CC2(CC(OC)(OC)C2)CC([2H])([2H])N1c1ccc(C(=O)OC)c(Oc2cnc3[nH]ccc3c2)c1. The van der Waals surface area contributed by atoms with E-state index in [1.54, 1.807) is 26.5 Å². The average Bonchev–Trinajstić information content (AvgIpc) is 3.28. The van der Waals surface area contributed by atoms with Crippen molar-refractivity contribution in [2.24, 2.45) is 5.41 Å². The van der Waals surface area contributed by atoms with Gasteiger partial charge in [0.2, 0.25) is 0 Å². The highest BCUT2D eigenvalue weighted by Crippen LogP contribution is 2.56. The number of H-pyrrole nitrogens is 1. The van der Waals surface area contributed by atoms with E-state index in [-0.39, 0.29) is 29.8 Å². The van der Waals surface area contributed by atoms with Gasteiger partial charge >= 0.3 is 5.97 Å². The van der Waals surface area contributed by atoms with Gasteiger partial charge in [-0.1, -0.05) is 0 Å². The molecule has 1 saturated heterocycles. The van der Waals surface area contributed by atoms with Crippen LogP contribution in [-0.2, 0) is 14.2 Å².